The van der Waals surface area contributed by atoms with Gasteiger partial charge >= 0.3 is 0 Å². The summed E-state index contributed by atoms with van der Waals surface area (Å²) < 4.78 is 10.4. The number of aldehydes is 1. The van der Waals surface area contributed by atoms with Gasteiger partial charge in [0.25, 0.3) is 5.91 Å². The standard InChI is InChI=1S/C16H20N2O5/c1-18(7-8-22-2)6-5-17-16(21)15-9-11-12(10-19)13(20)3-4-14(11)23-15/h3-4,9-10,20H,5-8H2,1-2H3,(H,17,21). The van der Waals surface area contributed by atoms with Gasteiger partial charge in [-0.25, -0.2) is 0 Å². The molecule has 0 aliphatic heterocycles. The number of hydrogen-bond donors (Lipinski definition) is 2. The molecule has 2 aromatic rings. The Morgan fingerprint density at radius 3 is 2.91 bits per heavy atom. The number of benzene rings is 1. The minimum Gasteiger partial charge on any atom is -0.507 e. The van der Waals surface area contributed by atoms with Gasteiger partial charge in [-0.1, -0.05) is 0 Å². The molecule has 1 aromatic carbocycles. The van der Waals surface area contributed by atoms with Gasteiger partial charge in [0.05, 0.1) is 12.2 Å². The summed E-state index contributed by atoms with van der Waals surface area (Å²) in [5.41, 5.74) is 0.497. The fraction of sp³-hybridized carbons (Fsp3) is 0.375. The van der Waals surface area contributed by atoms with Gasteiger partial charge in [0, 0.05) is 32.1 Å². The third kappa shape index (κ3) is 4.08. The van der Waals surface area contributed by atoms with Crippen LogP contribution in [0.15, 0.2) is 22.6 Å². The molecular weight excluding hydrogens is 300 g/mol. The van der Waals surface area contributed by atoms with Gasteiger partial charge in [-0.2, -0.15) is 0 Å². The molecule has 0 atom stereocenters. The lowest BCUT2D eigenvalue weighted by atomic mass is 10.1. The van der Waals surface area contributed by atoms with Crippen LogP contribution in [0.1, 0.15) is 20.9 Å². The molecule has 0 spiro atoms. The second kappa shape index (κ2) is 7.75. The van der Waals surface area contributed by atoms with Crippen molar-refractivity contribution in [1.82, 2.24) is 10.2 Å². The lowest BCUT2D eigenvalue weighted by Gasteiger charge is -2.15. The summed E-state index contributed by atoms with van der Waals surface area (Å²) in [5.74, 6) is -0.397. The molecule has 2 N–H and O–H groups in total. The number of nitrogens with one attached hydrogen (secondary N) is 1. The number of carbonyl (C=O) groups is 2. The Kier molecular flexibility index (Phi) is 5.72. The Bertz CT molecular complexity index is 695. The molecular formula is C16H20N2O5. The number of phenolic OH excluding ortho intramolecular Hbond substituents is 1. The van der Waals surface area contributed by atoms with E-state index in [-0.39, 0.29) is 23.0 Å². The van der Waals surface area contributed by atoms with Crippen molar-refractivity contribution < 1.29 is 23.8 Å². The SMILES string of the molecule is COCCN(C)CCNC(=O)c1cc2c(C=O)c(O)ccc2o1. The maximum Gasteiger partial charge on any atom is 0.287 e. The number of amides is 1. The number of carbonyl (C=O) groups excluding carboxylic acids is 2. The highest BCUT2D eigenvalue weighted by Crippen LogP contribution is 2.28. The summed E-state index contributed by atoms with van der Waals surface area (Å²) in [6.45, 7) is 2.54. The van der Waals surface area contributed by atoms with Crippen molar-refractivity contribution in [3.63, 3.8) is 0 Å². The first-order chi connectivity index (χ1) is 11.1. The summed E-state index contributed by atoms with van der Waals surface area (Å²) in [6, 6.07) is 4.34. The molecule has 0 radical (unpaired) electrons. The van der Waals surface area contributed by atoms with Crippen molar-refractivity contribution in [2.75, 3.05) is 40.4 Å². The third-order valence-electron chi connectivity index (χ3n) is 3.52. The van der Waals surface area contributed by atoms with E-state index in [4.69, 9.17) is 9.15 Å². The molecule has 124 valence electrons. The summed E-state index contributed by atoms with van der Waals surface area (Å²) in [4.78, 5) is 25.2. The highest BCUT2D eigenvalue weighted by molar-refractivity contribution is 6.03. The van der Waals surface area contributed by atoms with Gasteiger partial charge in [0.15, 0.2) is 12.0 Å². The van der Waals surface area contributed by atoms with E-state index in [2.05, 4.69) is 5.32 Å². The number of methoxy groups -OCH3 is 1. The van der Waals surface area contributed by atoms with Crippen LogP contribution in [-0.2, 0) is 4.74 Å². The molecule has 0 unspecified atom stereocenters. The van der Waals surface area contributed by atoms with Crippen LogP contribution in [-0.4, -0.2) is 62.6 Å². The first kappa shape index (κ1) is 17.0. The van der Waals surface area contributed by atoms with Crippen LogP contribution in [0.5, 0.6) is 5.75 Å². The van der Waals surface area contributed by atoms with Crippen LogP contribution in [0.2, 0.25) is 0 Å². The van der Waals surface area contributed by atoms with E-state index in [1.165, 1.54) is 18.2 Å². The Morgan fingerprint density at radius 2 is 2.22 bits per heavy atom. The molecule has 7 nitrogen and oxygen atoms in total. The molecule has 0 aliphatic rings. The number of furan rings is 1. The molecule has 0 fully saturated rings. The second-order valence-electron chi connectivity index (χ2n) is 5.19. The van der Waals surface area contributed by atoms with E-state index in [1.807, 2.05) is 11.9 Å². The molecule has 0 aliphatic carbocycles. The molecule has 1 aromatic heterocycles. The fourth-order valence-corrected chi connectivity index (χ4v) is 2.16. The average Bonchev–Trinajstić information content (AvgIpc) is 2.97. The highest BCUT2D eigenvalue weighted by Gasteiger charge is 2.16. The molecule has 7 heteroatoms. The number of rotatable bonds is 8. The van der Waals surface area contributed by atoms with Crippen molar-refractivity contribution in [3.8, 4) is 5.75 Å². The van der Waals surface area contributed by atoms with Crippen molar-refractivity contribution in [1.29, 1.82) is 0 Å². The van der Waals surface area contributed by atoms with E-state index in [0.717, 1.165) is 6.54 Å². The largest absolute Gasteiger partial charge is 0.507 e. The maximum absolute atomic E-state index is 12.1. The second-order valence-corrected chi connectivity index (χ2v) is 5.19. The molecule has 1 heterocycles. The predicted octanol–water partition coefficient (Wildman–Crippen LogP) is 1.26. The first-order valence-corrected chi connectivity index (χ1v) is 7.23. The molecule has 23 heavy (non-hydrogen) atoms. The van der Waals surface area contributed by atoms with Crippen molar-refractivity contribution in [3.05, 3.63) is 29.5 Å². The Balaban J connectivity index is 2.00. The summed E-state index contributed by atoms with van der Waals surface area (Å²) in [6.07, 6.45) is 0.541. The van der Waals surface area contributed by atoms with Gasteiger partial charge in [-0.3, -0.25) is 9.59 Å². The van der Waals surface area contributed by atoms with E-state index in [9.17, 15) is 14.7 Å². The van der Waals surface area contributed by atoms with Gasteiger partial charge in [-0.15, -0.1) is 0 Å². The van der Waals surface area contributed by atoms with Crippen LogP contribution in [0.25, 0.3) is 11.0 Å². The topological polar surface area (TPSA) is 92.0 Å². The van der Waals surface area contributed by atoms with Gasteiger partial charge in [0.1, 0.15) is 11.3 Å². The van der Waals surface area contributed by atoms with E-state index in [1.54, 1.807) is 7.11 Å². The molecule has 2 rings (SSSR count). The molecule has 0 bridgehead atoms. The minimum atomic E-state index is -0.363. The summed E-state index contributed by atoms with van der Waals surface area (Å²) in [5, 5.41) is 12.8. The maximum atomic E-state index is 12.1. The summed E-state index contributed by atoms with van der Waals surface area (Å²) >= 11 is 0. The third-order valence-corrected chi connectivity index (χ3v) is 3.52. The number of nitrogens with zero attached hydrogens (tertiary/aromatic N) is 1. The zero-order chi connectivity index (χ0) is 16.8. The molecule has 0 saturated heterocycles. The molecule has 1 amide bonds. The first-order valence-electron chi connectivity index (χ1n) is 7.23. The Morgan fingerprint density at radius 1 is 1.43 bits per heavy atom. The predicted molar refractivity (Wildman–Crippen MR) is 85.0 cm³/mol. The van der Waals surface area contributed by atoms with Crippen molar-refractivity contribution >= 4 is 23.2 Å². The molecule has 0 saturated carbocycles. The van der Waals surface area contributed by atoms with Crippen LogP contribution < -0.4 is 5.32 Å². The lowest BCUT2D eigenvalue weighted by molar-refractivity contribution is 0.0921. The average molecular weight is 320 g/mol. The monoisotopic (exact) mass is 320 g/mol. The van der Waals surface area contributed by atoms with Gasteiger partial charge in [0.2, 0.25) is 0 Å². The van der Waals surface area contributed by atoms with Crippen molar-refractivity contribution in [2.45, 2.75) is 0 Å². The quantitative estimate of drug-likeness (QED) is 0.712. The number of aromatic hydroxyl groups is 1. The zero-order valence-electron chi connectivity index (χ0n) is 13.2. The van der Waals surface area contributed by atoms with E-state index in [0.29, 0.717) is 37.0 Å². The van der Waals surface area contributed by atoms with Crippen LogP contribution >= 0.6 is 0 Å². The fourth-order valence-electron chi connectivity index (χ4n) is 2.16. The van der Waals surface area contributed by atoms with Crippen LogP contribution in [0.4, 0.5) is 0 Å². The van der Waals surface area contributed by atoms with Crippen LogP contribution in [0.3, 0.4) is 0 Å². The van der Waals surface area contributed by atoms with Gasteiger partial charge in [-0.05, 0) is 25.2 Å². The minimum absolute atomic E-state index is 0.105. The highest BCUT2D eigenvalue weighted by atomic mass is 16.5. The number of ether oxygens (including phenoxy) is 1. The van der Waals surface area contributed by atoms with E-state index >= 15 is 0 Å². The van der Waals surface area contributed by atoms with Crippen LogP contribution in [0, 0.1) is 0 Å². The number of fused-ring (bicyclic) bond motifs is 1. The van der Waals surface area contributed by atoms with E-state index < -0.39 is 0 Å². The Labute approximate surface area is 133 Å². The van der Waals surface area contributed by atoms with Gasteiger partial charge < -0.3 is 24.5 Å². The number of hydrogen-bond acceptors (Lipinski definition) is 6. The smallest absolute Gasteiger partial charge is 0.287 e. The Hall–Kier alpha value is -2.38. The normalized spacial score (nSPS) is 11.1. The zero-order valence-corrected chi connectivity index (χ0v) is 13.2. The lowest BCUT2D eigenvalue weighted by Crippen LogP contribution is -2.34. The van der Waals surface area contributed by atoms with Crippen molar-refractivity contribution in [2.24, 2.45) is 0 Å². The summed E-state index contributed by atoms with van der Waals surface area (Å²) in [7, 11) is 3.58. The number of likely N-dealkylation sites (N-methyl/N-ethyl adjacent to an activating group) is 1. The number of phenols is 1.